The van der Waals surface area contributed by atoms with Crippen molar-refractivity contribution in [3.63, 3.8) is 0 Å². The smallest absolute Gasteiger partial charge is 0.373 e. The Hall–Kier alpha value is -2.42. The molecule has 0 saturated heterocycles. The Morgan fingerprint density at radius 1 is 0.811 bits per heavy atom. The molecule has 0 aliphatic rings. The van der Waals surface area contributed by atoms with E-state index in [2.05, 4.69) is 91.7 Å². The average Bonchev–Trinajstić information content (AvgIpc) is 2.82. The Morgan fingerprint density at radius 3 is 1.54 bits per heavy atom. The van der Waals surface area contributed by atoms with E-state index in [1.807, 2.05) is 12.1 Å². The van der Waals surface area contributed by atoms with Crippen molar-refractivity contribution < 1.29 is 38.2 Å². The zero-order chi connectivity index (χ0) is 29.4. The van der Waals surface area contributed by atoms with Crippen molar-refractivity contribution in [3.05, 3.63) is 44.3 Å². The first-order valence-corrected chi connectivity index (χ1v) is 15.7. The fraction of sp³-hybridized carbons (Fsp3) is 0.462. The van der Waals surface area contributed by atoms with Crippen molar-refractivity contribution in [1.82, 2.24) is 0 Å². The largest absolute Gasteiger partial charge is 0.540 e. The first kappa shape index (κ1) is 36.7. The summed E-state index contributed by atoms with van der Waals surface area (Å²) in [5.41, 5.74) is 2.38. The van der Waals surface area contributed by atoms with E-state index in [0.717, 1.165) is 34.4 Å². The van der Waals surface area contributed by atoms with Crippen LogP contribution in [0.4, 0.5) is 0 Å². The summed E-state index contributed by atoms with van der Waals surface area (Å²) >= 11 is 6.86. The van der Waals surface area contributed by atoms with E-state index in [0.29, 0.717) is 10.2 Å². The fourth-order valence-corrected chi connectivity index (χ4v) is 4.71. The van der Waals surface area contributed by atoms with E-state index in [1.165, 1.54) is 5.56 Å². The van der Waals surface area contributed by atoms with Gasteiger partial charge in [0.25, 0.3) is 8.32 Å². The zero-order valence-electron chi connectivity index (χ0n) is 22.8. The summed E-state index contributed by atoms with van der Waals surface area (Å²) in [6.07, 6.45) is 2.41. The topological polar surface area (TPSA) is 116 Å². The lowest BCUT2D eigenvalue weighted by molar-refractivity contribution is -0.193. The number of hydrogen-bond acceptors (Lipinski definition) is 8. The summed E-state index contributed by atoms with van der Waals surface area (Å²) in [5, 5.41) is 9.61. The summed E-state index contributed by atoms with van der Waals surface area (Å²) in [7, 11) is 1.37. The molecule has 0 aromatic heterocycles. The SMILES string of the molecule is CCc1cc(Br)c(O)c(OC)c1.CCc1cc(Br)c(O[Si](C)(C)C(C)(C)C)c(OC)c1.O=C=O.O=C=O. The minimum absolute atomic E-state index is 0.162. The van der Waals surface area contributed by atoms with Gasteiger partial charge in [0.15, 0.2) is 23.0 Å². The Bertz CT molecular complexity index is 1040. The molecule has 2 aromatic carbocycles. The third kappa shape index (κ3) is 12.6. The predicted octanol–water partition coefficient (Wildman–Crippen LogP) is 6.96. The monoisotopic (exact) mass is 662 g/mol. The van der Waals surface area contributed by atoms with Crippen LogP contribution in [0.2, 0.25) is 18.1 Å². The molecule has 0 atom stereocenters. The highest BCUT2D eigenvalue weighted by Gasteiger charge is 2.40. The van der Waals surface area contributed by atoms with Gasteiger partial charge in [0, 0.05) is 0 Å². The van der Waals surface area contributed by atoms with E-state index in [9.17, 15) is 5.11 Å². The van der Waals surface area contributed by atoms with Crippen LogP contribution in [0.15, 0.2) is 33.2 Å². The molecule has 0 fully saturated rings. The molecule has 37 heavy (non-hydrogen) atoms. The standard InChI is InChI=1S/C15H25BrO2Si.C9H11BrO2.2CO2/c1-8-11-9-12(16)14(13(10-11)17-5)18-19(6,7)15(2,3)4;1-3-6-4-7(10)9(11)8(5-6)12-2;2*2-1-3/h9-10H,8H2,1-7H3;4-5,11H,3H2,1-2H3;;. The summed E-state index contributed by atoms with van der Waals surface area (Å²) in [6, 6.07) is 7.90. The Labute approximate surface area is 237 Å². The van der Waals surface area contributed by atoms with Crippen LogP contribution in [0.1, 0.15) is 45.7 Å². The molecule has 0 aliphatic heterocycles. The summed E-state index contributed by atoms with van der Waals surface area (Å²) in [5.74, 6) is 2.33. The van der Waals surface area contributed by atoms with Gasteiger partial charge >= 0.3 is 12.3 Å². The highest BCUT2D eigenvalue weighted by Crippen LogP contribution is 2.43. The highest BCUT2D eigenvalue weighted by molar-refractivity contribution is 9.11. The van der Waals surface area contributed by atoms with Gasteiger partial charge in [-0.05, 0) is 98.2 Å². The minimum atomic E-state index is -1.86. The molecule has 0 aliphatic carbocycles. The summed E-state index contributed by atoms with van der Waals surface area (Å²) in [6.45, 7) is 15.4. The molecule has 8 nitrogen and oxygen atoms in total. The number of aromatic hydroxyl groups is 1. The fourth-order valence-electron chi connectivity index (χ4n) is 2.47. The number of hydrogen-bond donors (Lipinski definition) is 1. The Kier molecular flexibility index (Phi) is 17.8. The van der Waals surface area contributed by atoms with Crippen LogP contribution in [0, 0.1) is 0 Å². The van der Waals surface area contributed by atoms with Crippen LogP contribution in [0.3, 0.4) is 0 Å². The van der Waals surface area contributed by atoms with Gasteiger partial charge in [-0.2, -0.15) is 19.2 Å². The van der Waals surface area contributed by atoms with Crippen molar-refractivity contribution in [2.75, 3.05) is 14.2 Å². The lowest BCUT2D eigenvalue weighted by Crippen LogP contribution is -2.44. The van der Waals surface area contributed by atoms with Crippen LogP contribution >= 0.6 is 31.9 Å². The number of halogens is 2. The first-order valence-electron chi connectivity index (χ1n) is 11.2. The molecular formula is C26H36Br2O8Si. The van der Waals surface area contributed by atoms with Crippen LogP contribution in [-0.4, -0.2) is 39.9 Å². The molecule has 0 unspecified atom stereocenters. The van der Waals surface area contributed by atoms with Crippen molar-refractivity contribution in [1.29, 1.82) is 0 Å². The van der Waals surface area contributed by atoms with Gasteiger partial charge < -0.3 is 19.0 Å². The van der Waals surface area contributed by atoms with Gasteiger partial charge in [0.05, 0.1) is 23.2 Å². The lowest BCUT2D eigenvalue weighted by atomic mass is 10.1. The molecule has 2 rings (SSSR count). The number of rotatable bonds is 6. The maximum Gasteiger partial charge on any atom is 0.373 e. The molecule has 2 aromatic rings. The number of methoxy groups -OCH3 is 2. The van der Waals surface area contributed by atoms with Crippen LogP contribution in [-0.2, 0) is 32.0 Å². The molecule has 0 bridgehead atoms. The number of phenolic OH excluding ortho intramolecular Hbond substituents is 1. The van der Waals surface area contributed by atoms with E-state index < -0.39 is 8.32 Å². The second-order valence-electron chi connectivity index (χ2n) is 8.97. The lowest BCUT2D eigenvalue weighted by Gasteiger charge is -2.37. The second kappa shape index (κ2) is 17.9. The third-order valence-corrected chi connectivity index (χ3v) is 11.1. The molecule has 0 amide bonds. The van der Waals surface area contributed by atoms with Crippen molar-refractivity contribution in [2.24, 2.45) is 0 Å². The molecule has 0 radical (unpaired) electrons. The summed E-state index contributed by atoms with van der Waals surface area (Å²) in [4.78, 5) is 32.5. The molecular weight excluding hydrogens is 628 g/mol. The molecule has 11 heteroatoms. The van der Waals surface area contributed by atoms with Gasteiger partial charge in [-0.25, -0.2) is 0 Å². The predicted molar refractivity (Wildman–Crippen MR) is 150 cm³/mol. The zero-order valence-corrected chi connectivity index (χ0v) is 27.0. The number of carbonyl (C=O) groups excluding carboxylic acids is 4. The maximum atomic E-state index is 9.45. The average molecular weight is 664 g/mol. The van der Waals surface area contributed by atoms with Crippen molar-refractivity contribution in [2.45, 2.75) is 65.6 Å². The number of benzene rings is 2. The van der Waals surface area contributed by atoms with Gasteiger partial charge in [-0.3, -0.25) is 0 Å². The van der Waals surface area contributed by atoms with Crippen LogP contribution < -0.4 is 13.9 Å². The third-order valence-electron chi connectivity index (χ3n) is 5.58. The van der Waals surface area contributed by atoms with Gasteiger partial charge in [-0.1, -0.05) is 34.6 Å². The normalized spacial score (nSPS) is 10.0. The van der Waals surface area contributed by atoms with E-state index in [4.69, 9.17) is 33.1 Å². The molecule has 1 N–H and O–H groups in total. The Morgan fingerprint density at radius 2 is 1.19 bits per heavy atom. The maximum absolute atomic E-state index is 9.45. The van der Waals surface area contributed by atoms with Gasteiger partial charge in [-0.15, -0.1) is 0 Å². The van der Waals surface area contributed by atoms with Crippen molar-refractivity contribution in [3.8, 4) is 23.0 Å². The van der Waals surface area contributed by atoms with Gasteiger partial charge in [0.1, 0.15) is 0 Å². The molecule has 0 spiro atoms. The number of ether oxygens (including phenoxy) is 2. The molecule has 0 saturated carbocycles. The van der Waals surface area contributed by atoms with E-state index >= 15 is 0 Å². The van der Waals surface area contributed by atoms with E-state index in [1.54, 1.807) is 14.2 Å². The van der Waals surface area contributed by atoms with Gasteiger partial charge in [0.2, 0.25) is 0 Å². The quantitative estimate of drug-likeness (QED) is 0.330. The molecule has 206 valence electrons. The highest BCUT2D eigenvalue weighted by atomic mass is 79.9. The summed E-state index contributed by atoms with van der Waals surface area (Å²) < 4.78 is 18.5. The van der Waals surface area contributed by atoms with E-state index in [-0.39, 0.29) is 23.1 Å². The van der Waals surface area contributed by atoms with Crippen molar-refractivity contribution >= 4 is 52.5 Å². The van der Waals surface area contributed by atoms with Crippen LogP contribution in [0.25, 0.3) is 0 Å². The minimum Gasteiger partial charge on any atom is -0.540 e. The second-order valence-corrected chi connectivity index (χ2v) is 15.4. The Balaban J connectivity index is 0. The first-order chi connectivity index (χ1) is 17.1. The number of aryl methyl sites for hydroxylation is 2. The number of phenols is 1. The molecule has 0 heterocycles. The van der Waals surface area contributed by atoms with Crippen LogP contribution in [0.5, 0.6) is 23.0 Å².